The molecular weight excluding hydrogens is 242 g/mol. The van der Waals surface area contributed by atoms with Gasteiger partial charge in [0, 0.05) is 24.5 Å². The SMILES string of the molecule is CC(C)(CCCO)CNc1cc(N)ccc1C(N)=O. The average molecular weight is 265 g/mol. The predicted molar refractivity (Wildman–Crippen MR) is 78.0 cm³/mol. The summed E-state index contributed by atoms with van der Waals surface area (Å²) in [6.45, 7) is 5.07. The lowest BCUT2D eigenvalue weighted by Gasteiger charge is -2.26. The molecule has 1 rings (SSSR count). The van der Waals surface area contributed by atoms with Crippen molar-refractivity contribution >= 4 is 17.3 Å². The second-order valence-corrected chi connectivity index (χ2v) is 5.51. The molecule has 0 heterocycles. The molecule has 0 aromatic heterocycles. The Morgan fingerprint density at radius 2 is 2.11 bits per heavy atom. The molecule has 0 fully saturated rings. The summed E-state index contributed by atoms with van der Waals surface area (Å²) in [5.41, 5.74) is 12.7. The smallest absolute Gasteiger partial charge is 0.250 e. The van der Waals surface area contributed by atoms with Crippen molar-refractivity contribution in [2.24, 2.45) is 11.1 Å². The van der Waals surface area contributed by atoms with E-state index in [1.165, 1.54) is 0 Å². The van der Waals surface area contributed by atoms with E-state index in [1.807, 2.05) is 0 Å². The topological polar surface area (TPSA) is 101 Å². The van der Waals surface area contributed by atoms with Crippen LogP contribution in [0.5, 0.6) is 0 Å². The van der Waals surface area contributed by atoms with Gasteiger partial charge in [0.25, 0.3) is 5.91 Å². The minimum absolute atomic E-state index is 0.0161. The zero-order chi connectivity index (χ0) is 14.5. The van der Waals surface area contributed by atoms with E-state index in [0.717, 1.165) is 12.8 Å². The second kappa shape index (κ2) is 6.43. The molecule has 5 nitrogen and oxygen atoms in total. The van der Waals surface area contributed by atoms with E-state index >= 15 is 0 Å². The first-order chi connectivity index (χ1) is 8.85. The molecule has 0 spiro atoms. The molecule has 6 N–H and O–H groups in total. The molecule has 0 aliphatic rings. The lowest BCUT2D eigenvalue weighted by Crippen LogP contribution is -2.25. The van der Waals surface area contributed by atoms with E-state index in [0.29, 0.717) is 23.5 Å². The highest BCUT2D eigenvalue weighted by Crippen LogP contribution is 2.25. The third kappa shape index (κ3) is 4.79. The van der Waals surface area contributed by atoms with Gasteiger partial charge >= 0.3 is 0 Å². The minimum Gasteiger partial charge on any atom is -0.399 e. The number of nitrogens with one attached hydrogen (secondary N) is 1. The summed E-state index contributed by atoms with van der Waals surface area (Å²) in [5, 5.41) is 12.1. The van der Waals surface area contributed by atoms with Crippen molar-refractivity contribution in [3.63, 3.8) is 0 Å². The van der Waals surface area contributed by atoms with Crippen LogP contribution in [-0.2, 0) is 0 Å². The highest BCUT2D eigenvalue weighted by Gasteiger charge is 2.18. The molecule has 0 aliphatic carbocycles. The Morgan fingerprint density at radius 1 is 1.42 bits per heavy atom. The maximum absolute atomic E-state index is 11.3. The zero-order valence-corrected chi connectivity index (χ0v) is 11.6. The molecular formula is C14H23N3O2. The fourth-order valence-corrected chi connectivity index (χ4v) is 1.90. The number of anilines is 2. The number of hydrogen-bond donors (Lipinski definition) is 4. The highest BCUT2D eigenvalue weighted by molar-refractivity contribution is 5.99. The molecule has 106 valence electrons. The summed E-state index contributed by atoms with van der Waals surface area (Å²) in [4.78, 5) is 11.3. The average Bonchev–Trinajstić information content (AvgIpc) is 2.34. The third-order valence-electron chi connectivity index (χ3n) is 3.08. The monoisotopic (exact) mass is 265 g/mol. The molecule has 0 radical (unpaired) electrons. The van der Waals surface area contributed by atoms with Crippen LogP contribution in [0.3, 0.4) is 0 Å². The first-order valence-corrected chi connectivity index (χ1v) is 6.40. The van der Waals surface area contributed by atoms with Gasteiger partial charge in [-0.25, -0.2) is 0 Å². The summed E-state index contributed by atoms with van der Waals surface area (Å²) < 4.78 is 0. The van der Waals surface area contributed by atoms with Crippen LogP contribution in [0.15, 0.2) is 18.2 Å². The van der Waals surface area contributed by atoms with Crippen molar-refractivity contribution in [3.8, 4) is 0 Å². The number of hydrogen-bond acceptors (Lipinski definition) is 4. The molecule has 0 saturated carbocycles. The quantitative estimate of drug-likeness (QED) is 0.562. The summed E-state index contributed by atoms with van der Waals surface area (Å²) in [5.74, 6) is -0.476. The molecule has 5 heteroatoms. The van der Waals surface area contributed by atoms with E-state index in [-0.39, 0.29) is 12.0 Å². The second-order valence-electron chi connectivity index (χ2n) is 5.51. The van der Waals surface area contributed by atoms with Crippen molar-refractivity contribution in [2.45, 2.75) is 26.7 Å². The zero-order valence-electron chi connectivity index (χ0n) is 11.6. The van der Waals surface area contributed by atoms with Crippen LogP contribution in [0.4, 0.5) is 11.4 Å². The largest absolute Gasteiger partial charge is 0.399 e. The minimum atomic E-state index is -0.476. The van der Waals surface area contributed by atoms with Crippen LogP contribution in [0.2, 0.25) is 0 Å². The van der Waals surface area contributed by atoms with Gasteiger partial charge in [0.15, 0.2) is 0 Å². The highest BCUT2D eigenvalue weighted by atomic mass is 16.2. The van der Waals surface area contributed by atoms with Gasteiger partial charge < -0.3 is 21.9 Å². The third-order valence-corrected chi connectivity index (χ3v) is 3.08. The molecule has 1 amide bonds. The van der Waals surface area contributed by atoms with Gasteiger partial charge in [0.05, 0.1) is 5.56 Å². The van der Waals surface area contributed by atoms with Gasteiger partial charge in [-0.3, -0.25) is 4.79 Å². The summed E-state index contributed by atoms with van der Waals surface area (Å²) in [6, 6.07) is 4.99. The number of primary amides is 1. The number of carbonyl (C=O) groups is 1. The van der Waals surface area contributed by atoms with Crippen LogP contribution in [0.25, 0.3) is 0 Å². The summed E-state index contributed by atoms with van der Waals surface area (Å²) in [6.07, 6.45) is 1.65. The first-order valence-electron chi connectivity index (χ1n) is 6.40. The number of rotatable bonds is 7. The lowest BCUT2D eigenvalue weighted by atomic mass is 9.87. The molecule has 19 heavy (non-hydrogen) atoms. The van der Waals surface area contributed by atoms with E-state index < -0.39 is 5.91 Å². The maximum Gasteiger partial charge on any atom is 0.250 e. The molecule has 1 aromatic carbocycles. The van der Waals surface area contributed by atoms with Crippen molar-refractivity contribution in [3.05, 3.63) is 23.8 Å². The Balaban J connectivity index is 2.76. The number of aliphatic hydroxyl groups is 1. The predicted octanol–water partition coefficient (Wildman–Crippen LogP) is 1.58. The standard InChI is InChI=1S/C14H23N3O2/c1-14(2,6-3-7-18)9-17-12-8-10(15)4-5-11(12)13(16)19/h4-5,8,17-18H,3,6-7,9,15H2,1-2H3,(H2,16,19). The van der Waals surface area contributed by atoms with E-state index in [1.54, 1.807) is 18.2 Å². The van der Waals surface area contributed by atoms with Gasteiger partial charge in [-0.15, -0.1) is 0 Å². The Morgan fingerprint density at radius 3 is 2.68 bits per heavy atom. The molecule has 0 atom stereocenters. The van der Waals surface area contributed by atoms with Gasteiger partial charge in [0.1, 0.15) is 0 Å². The Hall–Kier alpha value is -1.75. The van der Waals surface area contributed by atoms with Crippen LogP contribution >= 0.6 is 0 Å². The van der Waals surface area contributed by atoms with Crippen LogP contribution < -0.4 is 16.8 Å². The molecule has 0 aliphatic heterocycles. The van der Waals surface area contributed by atoms with Crippen LogP contribution in [-0.4, -0.2) is 24.2 Å². The van der Waals surface area contributed by atoms with E-state index in [4.69, 9.17) is 16.6 Å². The Kier molecular flexibility index (Phi) is 5.18. The van der Waals surface area contributed by atoms with E-state index in [2.05, 4.69) is 19.2 Å². The number of benzene rings is 1. The number of amides is 1. The number of nitrogens with two attached hydrogens (primary N) is 2. The Bertz CT molecular complexity index is 444. The first kappa shape index (κ1) is 15.3. The van der Waals surface area contributed by atoms with Gasteiger partial charge in [0.2, 0.25) is 0 Å². The maximum atomic E-state index is 11.3. The van der Waals surface area contributed by atoms with Crippen molar-refractivity contribution < 1.29 is 9.90 Å². The Labute approximate surface area is 114 Å². The molecule has 0 bridgehead atoms. The number of nitrogen functional groups attached to an aromatic ring is 1. The summed E-state index contributed by atoms with van der Waals surface area (Å²) in [7, 11) is 0. The van der Waals surface area contributed by atoms with Gasteiger partial charge in [-0.05, 0) is 36.5 Å². The van der Waals surface area contributed by atoms with Crippen LogP contribution in [0.1, 0.15) is 37.0 Å². The summed E-state index contributed by atoms with van der Waals surface area (Å²) >= 11 is 0. The lowest BCUT2D eigenvalue weighted by molar-refractivity contribution is 0.100. The normalized spacial score (nSPS) is 11.3. The molecule has 0 unspecified atom stereocenters. The van der Waals surface area contributed by atoms with Crippen molar-refractivity contribution in [1.29, 1.82) is 0 Å². The van der Waals surface area contributed by atoms with Crippen molar-refractivity contribution in [2.75, 3.05) is 24.2 Å². The van der Waals surface area contributed by atoms with Gasteiger partial charge in [-0.1, -0.05) is 13.8 Å². The van der Waals surface area contributed by atoms with E-state index in [9.17, 15) is 4.79 Å². The van der Waals surface area contributed by atoms with Gasteiger partial charge in [-0.2, -0.15) is 0 Å². The number of carbonyl (C=O) groups excluding carboxylic acids is 1. The van der Waals surface area contributed by atoms with Crippen molar-refractivity contribution in [1.82, 2.24) is 0 Å². The fourth-order valence-electron chi connectivity index (χ4n) is 1.90. The van der Waals surface area contributed by atoms with Crippen LogP contribution in [0, 0.1) is 5.41 Å². The molecule has 0 saturated heterocycles. The number of aliphatic hydroxyl groups excluding tert-OH is 1. The fraction of sp³-hybridized carbons (Fsp3) is 0.500. The molecule has 1 aromatic rings.